The maximum Gasteiger partial charge on any atom is 0.246 e. The minimum atomic E-state index is 0.564. The van der Waals surface area contributed by atoms with E-state index in [1.807, 2.05) is 42.5 Å². The zero-order chi connectivity index (χ0) is 18.4. The molecule has 0 aliphatic heterocycles. The van der Waals surface area contributed by atoms with Crippen LogP contribution in [0, 0.1) is 0 Å². The number of nitrogens with zero attached hydrogens (tertiary/aromatic N) is 6. The summed E-state index contributed by atoms with van der Waals surface area (Å²) >= 11 is 0. The number of nitrogens with one attached hydrogen (secondary N) is 1. The van der Waals surface area contributed by atoms with Crippen LogP contribution in [0.25, 0.3) is 5.69 Å². The van der Waals surface area contributed by atoms with Gasteiger partial charge in [-0.05, 0) is 45.3 Å². The van der Waals surface area contributed by atoms with Crippen molar-refractivity contribution in [2.45, 2.75) is 6.42 Å². The number of hydrogen-bond acceptors (Lipinski definition) is 6. The summed E-state index contributed by atoms with van der Waals surface area (Å²) in [5, 5.41) is 7.70. The summed E-state index contributed by atoms with van der Waals surface area (Å²) in [6, 6.07) is 13.8. The summed E-state index contributed by atoms with van der Waals surface area (Å²) in [6.07, 6.45) is 4.60. The molecule has 0 unspecified atom stereocenters. The molecule has 0 atom stereocenters. The summed E-state index contributed by atoms with van der Waals surface area (Å²) in [5.74, 6) is 1.49. The van der Waals surface area contributed by atoms with Crippen LogP contribution in [0.5, 0.6) is 0 Å². The van der Waals surface area contributed by atoms with Crippen LogP contribution in [0.2, 0.25) is 0 Å². The van der Waals surface area contributed by atoms with Gasteiger partial charge in [0.1, 0.15) is 12.1 Å². The van der Waals surface area contributed by atoms with Gasteiger partial charge in [0.05, 0.1) is 5.69 Å². The second-order valence-electron chi connectivity index (χ2n) is 6.45. The maximum absolute atomic E-state index is 4.50. The molecule has 1 aromatic carbocycles. The summed E-state index contributed by atoms with van der Waals surface area (Å²) in [4.78, 5) is 13.2. The minimum absolute atomic E-state index is 0.564. The van der Waals surface area contributed by atoms with Crippen molar-refractivity contribution in [1.29, 1.82) is 0 Å². The Morgan fingerprint density at radius 2 is 1.81 bits per heavy atom. The van der Waals surface area contributed by atoms with Crippen LogP contribution in [0.15, 0.2) is 55.0 Å². The van der Waals surface area contributed by atoms with Gasteiger partial charge in [-0.2, -0.15) is 4.98 Å². The van der Waals surface area contributed by atoms with E-state index < -0.39 is 0 Å². The Labute approximate surface area is 154 Å². The number of pyridine rings is 1. The number of benzene rings is 1. The first-order valence-electron chi connectivity index (χ1n) is 8.68. The Hall–Kier alpha value is -2.93. The predicted molar refractivity (Wildman–Crippen MR) is 105 cm³/mol. The molecule has 0 radical (unpaired) electrons. The smallest absolute Gasteiger partial charge is 0.246 e. The lowest BCUT2D eigenvalue weighted by molar-refractivity contribution is 0.401. The third kappa shape index (κ3) is 4.80. The first kappa shape index (κ1) is 17.9. The summed E-state index contributed by atoms with van der Waals surface area (Å²) in [5.41, 5.74) is 1.89. The Bertz CT molecular complexity index is 814. The fraction of sp³-hybridized carbons (Fsp3) is 0.316. The average Bonchev–Trinajstić information content (AvgIpc) is 3.11. The lowest BCUT2D eigenvalue weighted by atomic mass is 10.3. The molecule has 2 aromatic heterocycles. The van der Waals surface area contributed by atoms with Crippen LogP contribution in [-0.2, 0) is 0 Å². The van der Waals surface area contributed by atoms with Crippen LogP contribution in [0.4, 0.5) is 17.5 Å². The molecule has 0 spiro atoms. The van der Waals surface area contributed by atoms with Gasteiger partial charge >= 0.3 is 0 Å². The largest absolute Gasteiger partial charge is 0.360 e. The highest BCUT2D eigenvalue weighted by atomic mass is 15.4. The van der Waals surface area contributed by atoms with E-state index in [1.54, 1.807) is 17.2 Å². The van der Waals surface area contributed by atoms with Crippen LogP contribution in [0.3, 0.4) is 0 Å². The van der Waals surface area contributed by atoms with Gasteiger partial charge in [0.2, 0.25) is 5.95 Å². The first-order valence-corrected chi connectivity index (χ1v) is 8.68. The normalized spacial score (nSPS) is 10.9. The van der Waals surface area contributed by atoms with Gasteiger partial charge < -0.3 is 15.1 Å². The minimum Gasteiger partial charge on any atom is -0.360 e. The molecule has 2 heterocycles. The molecule has 0 saturated heterocycles. The van der Waals surface area contributed by atoms with Gasteiger partial charge in [0, 0.05) is 31.5 Å². The Balaban J connectivity index is 1.68. The highest BCUT2D eigenvalue weighted by Gasteiger charge is 2.07. The first-order chi connectivity index (χ1) is 12.6. The Morgan fingerprint density at radius 1 is 1.00 bits per heavy atom. The molecule has 0 amide bonds. The fourth-order valence-corrected chi connectivity index (χ4v) is 2.59. The summed E-state index contributed by atoms with van der Waals surface area (Å²) in [6.45, 7) is 2.01. The number of aromatic nitrogens is 4. The van der Waals surface area contributed by atoms with Crippen molar-refractivity contribution in [2.24, 2.45) is 0 Å². The molecule has 0 fully saturated rings. The highest BCUT2D eigenvalue weighted by Crippen LogP contribution is 2.16. The van der Waals surface area contributed by atoms with Crippen LogP contribution in [0.1, 0.15) is 6.42 Å². The van der Waals surface area contributed by atoms with E-state index >= 15 is 0 Å². The molecule has 0 saturated carbocycles. The number of para-hydroxylation sites is 1. The van der Waals surface area contributed by atoms with Gasteiger partial charge in [-0.1, -0.05) is 18.2 Å². The molecule has 26 heavy (non-hydrogen) atoms. The third-order valence-corrected chi connectivity index (χ3v) is 4.01. The van der Waals surface area contributed by atoms with Crippen molar-refractivity contribution in [3.63, 3.8) is 0 Å². The molecular weight excluding hydrogens is 326 g/mol. The van der Waals surface area contributed by atoms with E-state index in [2.05, 4.69) is 51.3 Å². The van der Waals surface area contributed by atoms with E-state index in [4.69, 9.17) is 0 Å². The Morgan fingerprint density at radius 3 is 2.58 bits per heavy atom. The third-order valence-electron chi connectivity index (χ3n) is 4.01. The SMILES string of the molecule is CN(C)CCCN(C)c1cc(-n2cnc(Nc3ccccc3)n2)ccn1. The van der Waals surface area contributed by atoms with Gasteiger partial charge in [0.25, 0.3) is 0 Å². The number of rotatable bonds is 8. The monoisotopic (exact) mass is 351 g/mol. The van der Waals surface area contributed by atoms with Gasteiger partial charge in [-0.25, -0.2) is 9.67 Å². The van der Waals surface area contributed by atoms with Crippen molar-refractivity contribution in [1.82, 2.24) is 24.6 Å². The topological polar surface area (TPSA) is 62.1 Å². The average molecular weight is 351 g/mol. The second-order valence-corrected chi connectivity index (χ2v) is 6.45. The molecule has 3 rings (SSSR count). The second kappa shape index (κ2) is 8.44. The van der Waals surface area contributed by atoms with Crippen molar-refractivity contribution in [3.05, 3.63) is 55.0 Å². The van der Waals surface area contributed by atoms with E-state index in [9.17, 15) is 0 Å². The molecule has 0 aliphatic rings. The van der Waals surface area contributed by atoms with Crippen LogP contribution < -0.4 is 10.2 Å². The molecule has 0 bridgehead atoms. The molecule has 7 nitrogen and oxygen atoms in total. The molecule has 3 aromatic rings. The molecule has 7 heteroatoms. The zero-order valence-electron chi connectivity index (χ0n) is 15.5. The molecule has 1 N–H and O–H groups in total. The van der Waals surface area contributed by atoms with E-state index in [0.29, 0.717) is 5.95 Å². The fourth-order valence-electron chi connectivity index (χ4n) is 2.59. The van der Waals surface area contributed by atoms with Crippen molar-refractivity contribution >= 4 is 17.5 Å². The summed E-state index contributed by atoms with van der Waals surface area (Å²) in [7, 11) is 6.24. The van der Waals surface area contributed by atoms with E-state index in [1.165, 1.54) is 0 Å². The van der Waals surface area contributed by atoms with Crippen LogP contribution >= 0.6 is 0 Å². The number of hydrogen-bond donors (Lipinski definition) is 1. The number of anilines is 3. The van der Waals surface area contributed by atoms with E-state index in [-0.39, 0.29) is 0 Å². The Kier molecular flexibility index (Phi) is 5.80. The lowest BCUT2D eigenvalue weighted by Crippen LogP contribution is -2.24. The quantitative estimate of drug-likeness (QED) is 0.673. The van der Waals surface area contributed by atoms with Gasteiger partial charge in [-0.3, -0.25) is 0 Å². The van der Waals surface area contributed by atoms with Gasteiger partial charge in [-0.15, -0.1) is 5.10 Å². The highest BCUT2D eigenvalue weighted by molar-refractivity contribution is 5.53. The van der Waals surface area contributed by atoms with Crippen molar-refractivity contribution in [3.8, 4) is 5.69 Å². The summed E-state index contributed by atoms with van der Waals surface area (Å²) < 4.78 is 1.75. The zero-order valence-corrected chi connectivity index (χ0v) is 15.5. The van der Waals surface area contributed by atoms with Crippen molar-refractivity contribution in [2.75, 3.05) is 44.4 Å². The molecule has 0 aliphatic carbocycles. The van der Waals surface area contributed by atoms with Crippen molar-refractivity contribution < 1.29 is 0 Å². The molecular formula is C19H25N7. The van der Waals surface area contributed by atoms with Crippen LogP contribution in [-0.4, -0.2) is 58.9 Å². The standard InChI is InChI=1S/C19H25N7/c1-24(2)12-7-13-25(3)18-14-17(10-11-20-18)26-15-21-19(23-26)22-16-8-5-4-6-9-16/h4-6,8-11,14-15H,7,12-13H2,1-3H3,(H,22,23). The molecule has 136 valence electrons. The lowest BCUT2D eigenvalue weighted by Gasteiger charge is -2.19. The van der Waals surface area contributed by atoms with Gasteiger partial charge in [0.15, 0.2) is 0 Å². The van der Waals surface area contributed by atoms with E-state index in [0.717, 1.165) is 36.7 Å². The maximum atomic E-state index is 4.50. The predicted octanol–water partition coefficient (Wildman–Crippen LogP) is 2.79.